The molecule has 4 aromatic rings. The van der Waals surface area contributed by atoms with Crippen LogP contribution >= 0.6 is 0 Å². The fraction of sp³-hybridized carbons (Fsp3) is 0.0500. The smallest absolute Gasteiger partial charge is 0.211 e. The summed E-state index contributed by atoms with van der Waals surface area (Å²) in [5.41, 5.74) is 6.45. The van der Waals surface area contributed by atoms with E-state index in [9.17, 15) is 0 Å². The van der Waals surface area contributed by atoms with E-state index in [2.05, 4.69) is 51.9 Å². The highest BCUT2D eigenvalue weighted by atomic mass is 14.9. The van der Waals surface area contributed by atoms with Crippen molar-refractivity contribution in [3.8, 4) is 22.5 Å². The highest BCUT2D eigenvalue weighted by Crippen LogP contribution is 2.29. The van der Waals surface area contributed by atoms with Crippen molar-refractivity contribution in [2.75, 3.05) is 0 Å². The molecular weight excluding hydrogens is 282 g/mol. The number of aromatic nitrogens is 3. The van der Waals surface area contributed by atoms with Crippen LogP contribution in [0, 0.1) is 6.92 Å². The molecule has 0 N–H and O–H groups in total. The predicted molar refractivity (Wildman–Crippen MR) is 90.8 cm³/mol. The van der Waals surface area contributed by atoms with E-state index in [1.54, 1.807) is 0 Å². The summed E-state index contributed by atoms with van der Waals surface area (Å²) in [4.78, 5) is 9.05. The van der Waals surface area contributed by atoms with Crippen LogP contribution in [-0.4, -0.2) is 9.97 Å². The average Bonchev–Trinajstić information content (AvgIpc) is 2.62. The largest absolute Gasteiger partial charge is 0.256 e. The minimum Gasteiger partial charge on any atom is -0.256 e. The number of rotatable bonds is 2. The Morgan fingerprint density at radius 3 is 2.13 bits per heavy atom. The molecule has 4 aromatic heterocycles. The molecule has 0 spiro atoms. The summed E-state index contributed by atoms with van der Waals surface area (Å²) in [6.07, 6.45) is 7.85. The van der Waals surface area contributed by atoms with Crippen LogP contribution in [0.15, 0.2) is 79.4 Å². The molecule has 110 valence electrons. The van der Waals surface area contributed by atoms with Gasteiger partial charge in [-0.15, -0.1) is 0 Å². The van der Waals surface area contributed by atoms with E-state index in [1.165, 1.54) is 5.56 Å². The summed E-state index contributed by atoms with van der Waals surface area (Å²) in [5.74, 6) is 0. The van der Waals surface area contributed by atoms with Crippen molar-refractivity contribution in [3.05, 3.63) is 84.9 Å². The molecule has 0 unspecified atom stereocenters. The molecule has 4 heterocycles. The Morgan fingerprint density at radius 1 is 0.783 bits per heavy atom. The minimum atomic E-state index is 0.947. The van der Waals surface area contributed by atoms with Gasteiger partial charge in [-0.1, -0.05) is 12.1 Å². The Balaban J connectivity index is 2.04. The van der Waals surface area contributed by atoms with Gasteiger partial charge in [0.25, 0.3) is 0 Å². The first-order valence-electron chi connectivity index (χ1n) is 7.60. The van der Waals surface area contributed by atoms with Crippen LogP contribution in [0.3, 0.4) is 0 Å². The van der Waals surface area contributed by atoms with Crippen LogP contribution in [-0.2, 0) is 0 Å². The molecule has 0 bridgehead atoms. The summed E-state index contributed by atoms with van der Waals surface area (Å²) < 4.78 is 2.13. The molecule has 0 radical (unpaired) electrons. The van der Waals surface area contributed by atoms with E-state index < -0.39 is 0 Å². The summed E-state index contributed by atoms with van der Waals surface area (Å²) in [5, 5.41) is 0. The van der Waals surface area contributed by atoms with E-state index >= 15 is 0 Å². The summed E-state index contributed by atoms with van der Waals surface area (Å²) in [6.45, 7) is 2.10. The second kappa shape index (κ2) is 5.61. The Morgan fingerprint density at radius 2 is 1.48 bits per heavy atom. The second-order valence-electron chi connectivity index (χ2n) is 5.57. The monoisotopic (exact) mass is 298 g/mol. The van der Waals surface area contributed by atoms with Crippen molar-refractivity contribution in [1.82, 2.24) is 9.97 Å². The van der Waals surface area contributed by atoms with E-state index in [1.807, 2.05) is 48.8 Å². The number of aryl methyl sites for hydroxylation is 1. The van der Waals surface area contributed by atoms with Gasteiger partial charge in [0.05, 0.1) is 17.0 Å². The van der Waals surface area contributed by atoms with Gasteiger partial charge in [-0.2, -0.15) is 4.40 Å². The number of hydrogen-bond acceptors (Lipinski definition) is 2. The van der Waals surface area contributed by atoms with Gasteiger partial charge < -0.3 is 0 Å². The van der Waals surface area contributed by atoms with Gasteiger partial charge in [0.15, 0.2) is 12.4 Å². The second-order valence-corrected chi connectivity index (χ2v) is 5.57. The third-order valence-corrected chi connectivity index (χ3v) is 3.90. The van der Waals surface area contributed by atoms with E-state index in [0.717, 1.165) is 28.0 Å². The normalized spacial score (nSPS) is 10.8. The van der Waals surface area contributed by atoms with Gasteiger partial charge in [0.1, 0.15) is 0 Å². The van der Waals surface area contributed by atoms with Gasteiger partial charge in [-0.3, -0.25) is 9.97 Å². The predicted octanol–water partition coefficient (Wildman–Crippen LogP) is 3.86. The maximum atomic E-state index is 4.53. The van der Waals surface area contributed by atoms with Crippen molar-refractivity contribution in [1.29, 1.82) is 0 Å². The van der Waals surface area contributed by atoms with Crippen LogP contribution < -0.4 is 4.40 Å². The van der Waals surface area contributed by atoms with Crippen molar-refractivity contribution in [2.45, 2.75) is 6.92 Å². The molecule has 23 heavy (non-hydrogen) atoms. The molecule has 0 atom stereocenters. The van der Waals surface area contributed by atoms with Crippen molar-refractivity contribution < 1.29 is 4.40 Å². The minimum absolute atomic E-state index is 0.947. The number of fused-ring (bicyclic) bond motifs is 1. The lowest BCUT2D eigenvalue weighted by molar-refractivity contribution is -0.511. The third-order valence-electron chi connectivity index (χ3n) is 3.90. The summed E-state index contributed by atoms with van der Waals surface area (Å²) in [6, 6.07) is 18.4. The molecular formula is C20H16N3+. The van der Waals surface area contributed by atoms with Crippen LogP contribution in [0.4, 0.5) is 0 Å². The van der Waals surface area contributed by atoms with Crippen LogP contribution in [0.1, 0.15) is 5.56 Å². The lowest BCUT2D eigenvalue weighted by Crippen LogP contribution is -2.21. The highest BCUT2D eigenvalue weighted by Gasteiger charge is 2.16. The number of hydrogen-bond donors (Lipinski definition) is 0. The first-order chi connectivity index (χ1) is 11.3. The number of nitrogens with zero attached hydrogens (tertiary/aromatic N) is 3. The molecule has 0 saturated carbocycles. The molecule has 0 fully saturated rings. The van der Waals surface area contributed by atoms with Gasteiger partial charge in [0.2, 0.25) is 5.52 Å². The van der Waals surface area contributed by atoms with Crippen molar-refractivity contribution in [3.63, 3.8) is 0 Å². The fourth-order valence-corrected chi connectivity index (χ4v) is 2.77. The maximum Gasteiger partial charge on any atom is 0.211 e. The highest BCUT2D eigenvalue weighted by molar-refractivity contribution is 5.81. The Labute approximate surface area is 134 Å². The molecule has 0 saturated heterocycles. The SMILES string of the molecule is Cc1cc[n+]2cc(-c3ccccn3)c(-c3ccccn3)cc2c1. The van der Waals surface area contributed by atoms with Gasteiger partial charge >= 0.3 is 0 Å². The molecule has 3 heteroatoms. The zero-order valence-electron chi connectivity index (χ0n) is 12.8. The Hall–Kier alpha value is -3.07. The molecule has 0 aliphatic rings. The van der Waals surface area contributed by atoms with Crippen LogP contribution in [0.25, 0.3) is 28.0 Å². The number of pyridine rings is 4. The topological polar surface area (TPSA) is 29.9 Å². The first-order valence-corrected chi connectivity index (χ1v) is 7.60. The Bertz CT molecular complexity index is 964. The molecule has 0 aliphatic heterocycles. The van der Waals surface area contributed by atoms with Gasteiger partial charge in [-0.25, -0.2) is 0 Å². The van der Waals surface area contributed by atoms with Gasteiger partial charge in [0, 0.05) is 36.2 Å². The summed E-state index contributed by atoms with van der Waals surface area (Å²) in [7, 11) is 0. The molecule has 0 aromatic carbocycles. The third kappa shape index (κ3) is 2.57. The quantitative estimate of drug-likeness (QED) is 0.526. The zero-order valence-corrected chi connectivity index (χ0v) is 12.8. The van der Waals surface area contributed by atoms with Gasteiger partial charge in [-0.05, 0) is 36.8 Å². The average molecular weight is 298 g/mol. The molecule has 0 amide bonds. The van der Waals surface area contributed by atoms with Crippen molar-refractivity contribution in [2.24, 2.45) is 0 Å². The Kier molecular flexibility index (Phi) is 3.31. The van der Waals surface area contributed by atoms with Crippen LogP contribution in [0.5, 0.6) is 0 Å². The lowest BCUT2D eigenvalue weighted by Gasteiger charge is -2.07. The maximum absolute atomic E-state index is 4.53. The van der Waals surface area contributed by atoms with Crippen molar-refractivity contribution >= 4 is 5.52 Å². The molecule has 4 rings (SSSR count). The van der Waals surface area contributed by atoms with E-state index in [-0.39, 0.29) is 0 Å². The van der Waals surface area contributed by atoms with E-state index in [4.69, 9.17) is 0 Å². The summed E-state index contributed by atoms with van der Waals surface area (Å²) >= 11 is 0. The van der Waals surface area contributed by atoms with Crippen LogP contribution in [0.2, 0.25) is 0 Å². The lowest BCUT2D eigenvalue weighted by atomic mass is 10.0. The standard InChI is InChI=1S/C20H16N3/c1-15-8-11-23-14-18(20-7-3-5-10-22-20)17(13-16(23)12-15)19-6-2-4-9-21-19/h2-14H,1H3/q+1. The zero-order chi connectivity index (χ0) is 15.6. The molecule has 0 aliphatic carbocycles. The van der Waals surface area contributed by atoms with E-state index in [0.29, 0.717) is 0 Å². The fourth-order valence-electron chi connectivity index (χ4n) is 2.77. The first kappa shape index (κ1) is 13.6. The molecule has 3 nitrogen and oxygen atoms in total.